The zero-order valence-corrected chi connectivity index (χ0v) is 17.2. The highest BCUT2D eigenvalue weighted by atomic mass is 32.2. The van der Waals surface area contributed by atoms with Crippen LogP contribution in [0, 0.1) is 5.82 Å². The second-order valence-electron chi connectivity index (χ2n) is 7.38. The van der Waals surface area contributed by atoms with E-state index in [1.165, 1.54) is 36.4 Å². The molecule has 1 fully saturated rings. The second-order valence-corrected chi connectivity index (χ2v) is 9.06. The number of amides is 1. The van der Waals surface area contributed by atoms with Gasteiger partial charge in [0.1, 0.15) is 12.4 Å². The van der Waals surface area contributed by atoms with Crippen molar-refractivity contribution in [2.75, 3.05) is 24.4 Å². The van der Waals surface area contributed by atoms with Crippen LogP contribution in [-0.2, 0) is 14.8 Å². The van der Waals surface area contributed by atoms with Gasteiger partial charge in [-0.1, -0.05) is 18.9 Å². The Hall–Kier alpha value is -2.81. The number of sulfonamides is 1. The van der Waals surface area contributed by atoms with Gasteiger partial charge in [-0.15, -0.1) is 0 Å². The fourth-order valence-corrected chi connectivity index (χ4v) is 4.67. The zero-order chi connectivity index (χ0) is 21.1. The Morgan fingerprint density at radius 2 is 1.80 bits per heavy atom. The molecule has 0 aromatic heterocycles. The Bertz CT molecular complexity index is 1040. The van der Waals surface area contributed by atoms with Crippen LogP contribution in [0.3, 0.4) is 0 Å². The Labute approximate surface area is 174 Å². The first-order valence-electron chi connectivity index (χ1n) is 9.93. The average Bonchev–Trinajstić information content (AvgIpc) is 3.01. The number of carbonyl (C=O) groups excluding carboxylic acids is 1. The van der Waals surface area contributed by atoms with E-state index < -0.39 is 21.9 Å². The molecule has 9 heteroatoms. The summed E-state index contributed by atoms with van der Waals surface area (Å²) in [6.07, 6.45) is 3.46. The summed E-state index contributed by atoms with van der Waals surface area (Å²) in [6, 6.07) is 9.36. The summed E-state index contributed by atoms with van der Waals surface area (Å²) < 4.78 is 52.4. The van der Waals surface area contributed by atoms with Crippen molar-refractivity contribution >= 4 is 21.6 Å². The van der Waals surface area contributed by atoms with Crippen LogP contribution >= 0.6 is 0 Å². The van der Waals surface area contributed by atoms with E-state index in [-0.39, 0.29) is 28.8 Å². The van der Waals surface area contributed by atoms with Crippen molar-refractivity contribution in [2.45, 2.75) is 36.7 Å². The molecule has 0 spiro atoms. The van der Waals surface area contributed by atoms with Gasteiger partial charge in [-0.25, -0.2) is 12.8 Å². The number of rotatable bonds is 4. The lowest BCUT2D eigenvalue weighted by Crippen LogP contribution is -2.46. The summed E-state index contributed by atoms with van der Waals surface area (Å²) in [5, 5.41) is 0. The number of fused-ring (bicyclic) bond motifs is 1. The molecule has 1 saturated heterocycles. The van der Waals surface area contributed by atoms with E-state index in [1.807, 2.05) is 4.90 Å². The number of benzene rings is 2. The maximum absolute atomic E-state index is 13.3. The summed E-state index contributed by atoms with van der Waals surface area (Å²) in [6.45, 7) is 1.45. The highest BCUT2D eigenvalue weighted by Crippen LogP contribution is 2.35. The number of hydrogen-bond donors (Lipinski definition) is 1. The lowest BCUT2D eigenvalue weighted by Gasteiger charge is -2.30. The van der Waals surface area contributed by atoms with Crippen molar-refractivity contribution in [3.63, 3.8) is 0 Å². The van der Waals surface area contributed by atoms with Crippen LogP contribution in [0.25, 0.3) is 0 Å². The van der Waals surface area contributed by atoms with Gasteiger partial charge in [0.25, 0.3) is 15.9 Å². The third-order valence-electron chi connectivity index (χ3n) is 5.15. The van der Waals surface area contributed by atoms with E-state index >= 15 is 0 Å². The zero-order valence-electron chi connectivity index (χ0n) is 16.3. The minimum atomic E-state index is -3.94. The molecule has 2 aromatic rings. The van der Waals surface area contributed by atoms with Gasteiger partial charge in [0.05, 0.1) is 10.6 Å². The molecule has 30 heavy (non-hydrogen) atoms. The number of nitrogens with one attached hydrogen (secondary N) is 1. The molecule has 0 radical (unpaired) electrons. The van der Waals surface area contributed by atoms with Gasteiger partial charge in [-0.05, 0) is 43.2 Å². The molecule has 2 aromatic carbocycles. The fourth-order valence-electron chi connectivity index (χ4n) is 3.60. The number of hydrogen-bond acceptors (Lipinski definition) is 5. The molecule has 7 nitrogen and oxygen atoms in total. The molecule has 1 N–H and O–H groups in total. The maximum atomic E-state index is 13.3. The third kappa shape index (κ3) is 4.51. The molecule has 0 aliphatic carbocycles. The fraction of sp³-hybridized carbons (Fsp3) is 0.381. The predicted octanol–water partition coefficient (Wildman–Crippen LogP) is 3.17. The van der Waals surface area contributed by atoms with Crippen LogP contribution < -0.4 is 14.2 Å². The topological polar surface area (TPSA) is 84.9 Å². The van der Waals surface area contributed by atoms with E-state index in [4.69, 9.17) is 9.47 Å². The molecular weight excluding hydrogens is 411 g/mol. The number of nitrogens with zero attached hydrogens (tertiary/aromatic N) is 1. The standard InChI is InChI=1S/C21H23FN2O5S/c22-15-6-5-7-16(12-15)23-30(26,27)17-8-9-18-19(13-17)28-14-20(29-18)21(25)24-10-3-1-2-4-11-24/h5-9,12-13,20,23H,1-4,10-11,14H2/t20-/m1/s1. The minimum absolute atomic E-state index is 0.0170. The first-order valence-corrected chi connectivity index (χ1v) is 11.4. The maximum Gasteiger partial charge on any atom is 0.267 e. The molecule has 0 bridgehead atoms. The van der Waals surface area contributed by atoms with Crippen molar-refractivity contribution in [1.29, 1.82) is 0 Å². The van der Waals surface area contributed by atoms with Crippen LogP contribution in [0.4, 0.5) is 10.1 Å². The Morgan fingerprint density at radius 3 is 2.53 bits per heavy atom. The number of halogens is 1. The van der Waals surface area contributed by atoms with E-state index in [9.17, 15) is 17.6 Å². The van der Waals surface area contributed by atoms with Gasteiger partial charge >= 0.3 is 0 Å². The third-order valence-corrected chi connectivity index (χ3v) is 6.53. The molecule has 2 aliphatic rings. The highest BCUT2D eigenvalue weighted by Gasteiger charge is 2.32. The second kappa shape index (κ2) is 8.51. The van der Waals surface area contributed by atoms with Crippen LogP contribution in [-0.4, -0.2) is 45.0 Å². The van der Waals surface area contributed by atoms with Gasteiger partial charge in [0.2, 0.25) is 6.10 Å². The number of anilines is 1. The minimum Gasteiger partial charge on any atom is -0.485 e. The van der Waals surface area contributed by atoms with Gasteiger partial charge in [-0.3, -0.25) is 9.52 Å². The number of likely N-dealkylation sites (tertiary alicyclic amines) is 1. The monoisotopic (exact) mass is 434 g/mol. The summed E-state index contributed by atoms with van der Waals surface area (Å²) in [7, 11) is -3.94. The highest BCUT2D eigenvalue weighted by molar-refractivity contribution is 7.92. The molecule has 4 rings (SSSR count). The Kier molecular flexibility index (Phi) is 5.80. The van der Waals surface area contributed by atoms with Gasteiger partial charge in [0, 0.05) is 19.2 Å². The van der Waals surface area contributed by atoms with Gasteiger partial charge in [0.15, 0.2) is 11.5 Å². The lowest BCUT2D eigenvalue weighted by molar-refractivity contribution is -0.141. The van der Waals surface area contributed by atoms with E-state index in [0.717, 1.165) is 31.7 Å². The smallest absolute Gasteiger partial charge is 0.267 e. The normalized spacial score (nSPS) is 19.1. The number of carbonyl (C=O) groups is 1. The first kappa shape index (κ1) is 20.5. The quantitative estimate of drug-likeness (QED) is 0.799. The van der Waals surface area contributed by atoms with E-state index in [1.54, 1.807) is 0 Å². The Morgan fingerprint density at radius 1 is 1.03 bits per heavy atom. The largest absolute Gasteiger partial charge is 0.485 e. The SMILES string of the molecule is O=C([C@H]1COc2cc(S(=O)(=O)Nc3cccc(F)c3)ccc2O1)N1CCCCCC1. The number of ether oxygens (including phenoxy) is 2. The lowest BCUT2D eigenvalue weighted by atomic mass is 10.2. The molecule has 2 aliphatic heterocycles. The van der Waals surface area contributed by atoms with E-state index in [2.05, 4.69) is 4.72 Å². The Balaban J connectivity index is 1.48. The summed E-state index contributed by atoms with van der Waals surface area (Å²) in [5.41, 5.74) is 0.119. The predicted molar refractivity (Wildman–Crippen MR) is 109 cm³/mol. The van der Waals surface area contributed by atoms with Gasteiger partial charge in [-0.2, -0.15) is 0 Å². The molecule has 1 atom stereocenters. The van der Waals surface area contributed by atoms with Crippen LogP contribution in [0.2, 0.25) is 0 Å². The molecule has 160 valence electrons. The van der Waals surface area contributed by atoms with Crippen LogP contribution in [0.1, 0.15) is 25.7 Å². The van der Waals surface area contributed by atoms with Crippen molar-refractivity contribution in [2.24, 2.45) is 0 Å². The molecule has 0 saturated carbocycles. The molecular formula is C21H23FN2O5S. The van der Waals surface area contributed by atoms with Gasteiger partial charge < -0.3 is 14.4 Å². The van der Waals surface area contributed by atoms with Crippen LogP contribution in [0.15, 0.2) is 47.4 Å². The van der Waals surface area contributed by atoms with Crippen molar-refractivity contribution in [1.82, 2.24) is 4.90 Å². The molecule has 2 heterocycles. The average molecular weight is 434 g/mol. The van der Waals surface area contributed by atoms with E-state index in [0.29, 0.717) is 18.8 Å². The summed E-state index contributed by atoms with van der Waals surface area (Å²) in [4.78, 5) is 14.5. The van der Waals surface area contributed by atoms with Crippen molar-refractivity contribution in [3.05, 3.63) is 48.3 Å². The molecule has 0 unspecified atom stereocenters. The first-order chi connectivity index (χ1) is 14.4. The van der Waals surface area contributed by atoms with Crippen molar-refractivity contribution < 1.29 is 27.1 Å². The summed E-state index contributed by atoms with van der Waals surface area (Å²) in [5.74, 6) is -0.0827. The summed E-state index contributed by atoms with van der Waals surface area (Å²) >= 11 is 0. The molecule has 1 amide bonds. The van der Waals surface area contributed by atoms with Crippen LogP contribution in [0.5, 0.6) is 11.5 Å². The van der Waals surface area contributed by atoms with Crippen molar-refractivity contribution in [3.8, 4) is 11.5 Å².